The fourth-order valence-corrected chi connectivity index (χ4v) is 5.14. The lowest BCUT2D eigenvalue weighted by Crippen LogP contribution is -2.27. The third kappa shape index (κ3) is 3.98. The number of nitrogen functional groups attached to an aromatic ring is 1. The molecule has 1 saturated heterocycles. The molecule has 2 unspecified atom stereocenters. The van der Waals surface area contributed by atoms with Crippen LogP contribution in [0.4, 0.5) is 5.82 Å². The Balaban J connectivity index is 1.50. The monoisotopic (exact) mass is 514 g/mol. The highest BCUT2D eigenvalue weighted by Crippen LogP contribution is 2.35. The Morgan fingerprint density at radius 1 is 1.22 bits per heavy atom. The predicted molar refractivity (Wildman–Crippen MR) is 130 cm³/mol. The molecule has 1 aliphatic heterocycles. The van der Waals surface area contributed by atoms with E-state index in [1.807, 2.05) is 34.8 Å². The minimum absolute atomic E-state index is 0.0251. The number of anilines is 1. The molecule has 1 aliphatic rings. The molecule has 5 rings (SSSR count). The van der Waals surface area contributed by atoms with Gasteiger partial charge in [0.1, 0.15) is 16.4 Å². The molecule has 0 saturated carbocycles. The van der Waals surface area contributed by atoms with E-state index >= 15 is 0 Å². The van der Waals surface area contributed by atoms with Gasteiger partial charge in [-0.05, 0) is 47.3 Å². The second-order valence-electron chi connectivity index (χ2n) is 7.85. The van der Waals surface area contributed by atoms with Crippen molar-refractivity contribution < 1.29 is 8.95 Å². The molecular weight excluding hydrogens is 492 g/mol. The van der Waals surface area contributed by atoms with E-state index in [1.54, 1.807) is 17.0 Å². The maximum Gasteiger partial charge on any atom is 0.234 e. The van der Waals surface area contributed by atoms with Crippen LogP contribution in [0.25, 0.3) is 27.7 Å². The van der Waals surface area contributed by atoms with Gasteiger partial charge in [-0.1, -0.05) is 18.2 Å². The molecule has 0 radical (unpaired) electrons. The quantitative estimate of drug-likeness (QED) is 0.444. The number of ether oxygens (including phenoxy) is 1. The highest BCUT2D eigenvalue weighted by molar-refractivity contribution is 9.10. The lowest BCUT2D eigenvalue weighted by Gasteiger charge is -2.19. The molecule has 2 N–H and O–H groups in total. The smallest absolute Gasteiger partial charge is 0.234 e. The van der Waals surface area contributed by atoms with Crippen LogP contribution in [0, 0.1) is 0 Å². The molecule has 3 aromatic heterocycles. The molecule has 2 atom stereocenters. The molecule has 0 spiro atoms. The van der Waals surface area contributed by atoms with E-state index in [0.717, 1.165) is 54.4 Å². The Bertz CT molecular complexity index is 1330. The number of benzene rings is 1. The number of hydrogen-bond donors (Lipinski definition) is 1. The van der Waals surface area contributed by atoms with Crippen molar-refractivity contribution in [2.75, 3.05) is 25.1 Å². The van der Waals surface area contributed by atoms with Gasteiger partial charge in [-0.2, -0.15) is 14.6 Å². The zero-order valence-electron chi connectivity index (χ0n) is 17.6. The van der Waals surface area contributed by atoms with Crippen LogP contribution in [0.1, 0.15) is 19.3 Å². The minimum Gasteiger partial charge on any atom is -0.473 e. The largest absolute Gasteiger partial charge is 0.473 e. The predicted octanol–water partition coefficient (Wildman–Crippen LogP) is 3.82. The van der Waals surface area contributed by atoms with E-state index < -0.39 is 11.0 Å². The number of nitrogens with zero attached hydrogens (tertiary/aromatic N) is 5. The first-order chi connectivity index (χ1) is 15.5. The Labute approximate surface area is 196 Å². The van der Waals surface area contributed by atoms with Crippen LogP contribution in [-0.2, 0) is 11.0 Å². The first-order valence-electron chi connectivity index (χ1n) is 10.4. The topological polar surface area (TPSA) is 98.6 Å². The number of pyridine rings is 1. The second-order valence-corrected chi connectivity index (χ2v) is 10.0. The van der Waals surface area contributed by atoms with Gasteiger partial charge in [0.25, 0.3) is 0 Å². The molecule has 1 aromatic carbocycles. The average Bonchev–Trinajstić information content (AvgIpc) is 3.07. The van der Waals surface area contributed by atoms with Crippen molar-refractivity contribution in [2.24, 2.45) is 0 Å². The Morgan fingerprint density at radius 3 is 2.91 bits per heavy atom. The first kappa shape index (κ1) is 21.3. The maximum absolute atomic E-state index is 11.8. The SMILES string of the molecule is CS(=O)N1CCCC(Oc2nc3c(-c4cnc5ccccc5c4)cnn3c(N)c2Br)CC1. The molecule has 0 aliphatic carbocycles. The summed E-state index contributed by atoms with van der Waals surface area (Å²) in [5.74, 6) is 0.872. The second kappa shape index (κ2) is 8.76. The zero-order valence-corrected chi connectivity index (χ0v) is 20.0. The van der Waals surface area contributed by atoms with Crippen molar-refractivity contribution in [3.05, 3.63) is 47.2 Å². The molecule has 0 amide bonds. The van der Waals surface area contributed by atoms with Gasteiger partial charge in [0.2, 0.25) is 5.88 Å². The zero-order chi connectivity index (χ0) is 22.2. The van der Waals surface area contributed by atoms with Gasteiger partial charge in [-0.25, -0.2) is 8.51 Å². The van der Waals surface area contributed by atoms with E-state index in [-0.39, 0.29) is 6.10 Å². The summed E-state index contributed by atoms with van der Waals surface area (Å²) in [5.41, 5.74) is 9.66. The van der Waals surface area contributed by atoms with Crippen molar-refractivity contribution >= 4 is 49.3 Å². The lowest BCUT2D eigenvalue weighted by molar-refractivity contribution is 0.177. The highest BCUT2D eigenvalue weighted by atomic mass is 79.9. The number of rotatable bonds is 4. The summed E-state index contributed by atoms with van der Waals surface area (Å²) in [6.07, 6.45) is 7.83. The fourth-order valence-electron chi connectivity index (χ4n) is 4.05. The number of fused-ring (bicyclic) bond motifs is 2. The molecule has 10 heteroatoms. The molecule has 4 aromatic rings. The number of halogens is 1. The number of para-hydroxylation sites is 1. The molecule has 4 heterocycles. The van der Waals surface area contributed by atoms with Crippen molar-refractivity contribution in [2.45, 2.75) is 25.4 Å². The van der Waals surface area contributed by atoms with Crippen LogP contribution >= 0.6 is 15.9 Å². The highest BCUT2D eigenvalue weighted by Gasteiger charge is 2.23. The van der Waals surface area contributed by atoms with Crippen LogP contribution in [0.2, 0.25) is 0 Å². The van der Waals surface area contributed by atoms with Gasteiger partial charge < -0.3 is 10.5 Å². The maximum atomic E-state index is 11.8. The van der Waals surface area contributed by atoms with Crippen LogP contribution in [0.15, 0.2) is 47.2 Å². The molecule has 8 nitrogen and oxygen atoms in total. The van der Waals surface area contributed by atoms with Crippen molar-refractivity contribution in [1.29, 1.82) is 0 Å². The van der Waals surface area contributed by atoms with Crippen LogP contribution in [0.5, 0.6) is 5.88 Å². The van der Waals surface area contributed by atoms with E-state index in [1.165, 1.54) is 0 Å². The number of nitrogens with two attached hydrogens (primary N) is 1. The standard InChI is InChI=1S/C22H23BrN6O2S/c1-32(30)28-9-4-6-16(8-10-28)31-22-19(23)20(24)29-21(27-22)17(13-26-29)15-11-14-5-2-3-7-18(14)25-12-15/h2-3,5,7,11-13,16H,4,6,8-10,24H2,1H3. The van der Waals surface area contributed by atoms with E-state index in [0.29, 0.717) is 21.8 Å². The van der Waals surface area contributed by atoms with E-state index in [2.05, 4.69) is 32.1 Å². The molecule has 32 heavy (non-hydrogen) atoms. The van der Waals surface area contributed by atoms with E-state index in [4.69, 9.17) is 15.5 Å². The van der Waals surface area contributed by atoms with Crippen LogP contribution in [0.3, 0.4) is 0 Å². The Morgan fingerprint density at radius 2 is 2.06 bits per heavy atom. The van der Waals surface area contributed by atoms with Crippen molar-refractivity contribution in [3.8, 4) is 17.0 Å². The van der Waals surface area contributed by atoms with E-state index in [9.17, 15) is 4.21 Å². The van der Waals surface area contributed by atoms with Gasteiger partial charge in [0.05, 0.1) is 22.7 Å². The molecular formula is C22H23BrN6O2S. The third-order valence-corrected chi connectivity index (χ3v) is 7.61. The first-order valence-corrected chi connectivity index (χ1v) is 12.7. The van der Waals surface area contributed by atoms with Gasteiger partial charge in [-0.3, -0.25) is 4.98 Å². The summed E-state index contributed by atoms with van der Waals surface area (Å²) in [6, 6.07) is 10.0. The van der Waals surface area contributed by atoms with Crippen LogP contribution in [-0.4, -0.2) is 53.5 Å². The summed E-state index contributed by atoms with van der Waals surface area (Å²) in [6.45, 7) is 1.53. The fraction of sp³-hybridized carbons (Fsp3) is 0.318. The Kier molecular flexibility index (Phi) is 5.83. The van der Waals surface area contributed by atoms with Gasteiger partial charge in [0, 0.05) is 42.1 Å². The number of hydrogen-bond acceptors (Lipinski definition) is 6. The Hall–Kier alpha value is -2.56. The van der Waals surface area contributed by atoms with Crippen molar-refractivity contribution in [3.63, 3.8) is 0 Å². The molecule has 166 valence electrons. The summed E-state index contributed by atoms with van der Waals surface area (Å²) in [7, 11) is -0.965. The normalized spacial score (nSPS) is 18.6. The van der Waals surface area contributed by atoms with Crippen molar-refractivity contribution in [1.82, 2.24) is 23.9 Å². The van der Waals surface area contributed by atoms with Gasteiger partial charge in [-0.15, -0.1) is 0 Å². The lowest BCUT2D eigenvalue weighted by atomic mass is 10.1. The molecule has 0 bridgehead atoms. The number of aromatic nitrogens is 4. The third-order valence-electron chi connectivity index (χ3n) is 5.77. The summed E-state index contributed by atoms with van der Waals surface area (Å²) >= 11 is 3.54. The van der Waals surface area contributed by atoms with Crippen LogP contribution < -0.4 is 10.5 Å². The average molecular weight is 515 g/mol. The van der Waals surface area contributed by atoms with Gasteiger partial charge in [0.15, 0.2) is 5.65 Å². The summed E-state index contributed by atoms with van der Waals surface area (Å²) < 4.78 is 22.3. The minimum atomic E-state index is -0.965. The summed E-state index contributed by atoms with van der Waals surface area (Å²) in [5, 5.41) is 5.49. The summed E-state index contributed by atoms with van der Waals surface area (Å²) in [4.78, 5) is 9.35. The molecule has 1 fully saturated rings. The van der Waals surface area contributed by atoms with Gasteiger partial charge >= 0.3 is 0 Å².